The highest BCUT2D eigenvalue weighted by Gasteiger charge is 2.33. The van der Waals surface area contributed by atoms with Gasteiger partial charge in [0.25, 0.3) is 0 Å². The van der Waals surface area contributed by atoms with E-state index in [9.17, 15) is 0 Å². The van der Waals surface area contributed by atoms with Crippen LogP contribution in [0.25, 0.3) is 0 Å². The van der Waals surface area contributed by atoms with Gasteiger partial charge >= 0.3 is 0 Å². The second-order valence-electron chi connectivity index (χ2n) is 7.21. The topological polar surface area (TPSA) is 29.9 Å². The molecule has 1 aromatic heterocycles. The van der Waals surface area contributed by atoms with Gasteiger partial charge in [-0.15, -0.1) is 0 Å². The summed E-state index contributed by atoms with van der Waals surface area (Å²) < 4.78 is 2.25. The van der Waals surface area contributed by atoms with Crippen molar-refractivity contribution >= 4 is 0 Å². The SMILES string of the molecule is c1cn(C2CCCC2)nc1CC1CCC1CNC1CC1. The summed E-state index contributed by atoms with van der Waals surface area (Å²) in [4.78, 5) is 0. The lowest BCUT2D eigenvalue weighted by Gasteiger charge is -2.36. The summed E-state index contributed by atoms with van der Waals surface area (Å²) in [6, 6.07) is 3.82. The van der Waals surface area contributed by atoms with Crippen LogP contribution in [0.4, 0.5) is 0 Å². The van der Waals surface area contributed by atoms with Crippen LogP contribution in [-0.2, 0) is 6.42 Å². The van der Waals surface area contributed by atoms with Gasteiger partial charge in [-0.25, -0.2) is 0 Å². The molecule has 0 saturated heterocycles. The number of nitrogens with one attached hydrogen (secondary N) is 1. The molecule has 0 amide bonds. The van der Waals surface area contributed by atoms with Crippen molar-refractivity contribution in [3.63, 3.8) is 0 Å². The molecule has 3 fully saturated rings. The first-order valence-electron chi connectivity index (χ1n) is 8.66. The zero-order valence-electron chi connectivity index (χ0n) is 12.4. The Morgan fingerprint density at radius 3 is 2.55 bits per heavy atom. The van der Waals surface area contributed by atoms with Gasteiger partial charge in [0.05, 0.1) is 11.7 Å². The lowest BCUT2D eigenvalue weighted by Crippen LogP contribution is -2.37. The van der Waals surface area contributed by atoms with E-state index in [0.29, 0.717) is 6.04 Å². The van der Waals surface area contributed by atoms with Gasteiger partial charge in [-0.3, -0.25) is 4.68 Å². The van der Waals surface area contributed by atoms with Crippen LogP contribution in [0.2, 0.25) is 0 Å². The van der Waals surface area contributed by atoms with E-state index < -0.39 is 0 Å². The molecule has 0 bridgehead atoms. The Kier molecular flexibility index (Phi) is 3.55. The van der Waals surface area contributed by atoms with Crippen molar-refractivity contribution in [1.82, 2.24) is 15.1 Å². The Morgan fingerprint density at radius 2 is 1.85 bits per heavy atom. The molecule has 4 rings (SSSR count). The number of aromatic nitrogens is 2. The normalized spacial score (nSPS) is 30.6. The highest BCUT2D eigenvalue weighted by atomic mass is 15.3. The third kappa shape index (κ3) is 2.78. The van der Waals surface area contributed by atoms with E-state index in [1.54, 1.807) is 0 Å². The van der Waals surface area contributed by atoms with Gasteiger partial charge in [0.2, 0.25) is 0 Å². The zero-order valence-corrected chi connectivity index (χ0v) is 12.4. The Morgan fingerprint density at radius 1 is 1.05 bits per heavy atom. The van der Waals surface area contributed by atoms with Crippen molar-refractivity contribution in [3.05, 3.63) is 18.0 Å². The fraction of sp³-hybridized carbons (Fsp3) is 0.824. The van der Waals surface area contributed by atoms with Crippen LogP contribution < -0.4 is 5.32 Å². The van der Waals surface area contributed by atoms with Crippen LogP contribution in [0, 0.1) is 11.8 Å². The van der Waals surface area contributed by atoms with Crippen molar-refractivity contribution in [3.8, 4) is 0 Å². The minimum atomic E-state index is 0.692. The number of rotatable bonds is 6. The van der Waals surface area contributed by atoms with Crippen LogP contribution in [0.15, 0.2) is 12.3 Å². The Hall–Kier alpha value is -0.830. The first-order chi connectivity index (χ1) is 9.88. The van der Waals surface area contributed by atoms with Crippen molar-refractivity contribution in [2.75, 3.05) is 6.54 Å². The molecule has 3 aliphatic carbocycles. The molecule has 0 aliphatic heterocycles. The van der Waals surface area contributed by atoms with Crippen LogP contribution in [0.5, 0.6) is 0 Å². The predicted molar refractivity (Wildman–Crippen MR) is 80.7 cm³/mol. The Balaban J connectivity index is 1.29. The summed E-state index contributed by atoms with van der Waals surface area (Å²) in [5.41, 5.74) is 1.33. The predicted octanol–water partition coefficient (Wildman–Crippen LogP) is 3.32. The quantitative estimate of drug-likeness (QED) is 0.861. The van der Waals surface area contributed by atoms with Gasteiger partial charge in [-0.05, 0) is 69.4 Å². The van der Waals surface area contributed by atoms with Crippen molar-refractivity contribution in [2.24, 2.45) is 11.8 Å². The highest BCUT2D eigenvalue weighted by molar-refractivity contribution is 5.04. The molecule has 3 heteroatoms. The third-order valence-corrected chi connectivity index (χ3v) is 5.65. The summed E-state index contributed by atoms with van der Waals surface area (Å²) in [5.74, 6) is 1.79. The van der Waals surface area contributed by atoms with Gasteiger partial charge in [0.15, 0.2) is 0 Å². The average Bonchev–Trinajstić information content (AvgIpc) is 2.94. The van der Waals surface area contributed by atoms with Crippen molar-refractivity contribution in [1.29, 1.82) is 0 Å². The molecule has 3 aliphatic rings. The lowest BCUT2D eigenvalue weighted by molar-refractivity contribution is 0.169. The molecule has 0 aromatic carbocycles. The molecule has 0 spiro atoms. The summed E-state index contributed by atoms with van der Waals surface area (Å²) in [6.07, 6.45) is 14.5. The van der Waals surface area contributed by atoms with E-state index in [2.05, 4.69) is 22.3 Å². The molecule has 3 nitrogen and oxygen atoms in total. The first kappa shape index (κ1) is 12.9. The highest BCUT2D eigenvalue weighted by Crippen LogP contribution is 2.37. The molecular formula is C17H27N3. The van der Waals surface area contributed by atoms with E-state index in [1.807, 2.05) is 0 Å². The van der Waals surface area contributed by atoms with Crippen LogP contribution in [0.3, 0.4) is 0 Å². The molecule has 3 saturated carbocycles. The van der Waals surface area contributed by atoms with E-state index in [-0.39, 0.29) is 0 Å². The standard InChI is InChI=1S/C17H27N3/c1-2-4-17(3-1)20-10-9-16(19-20)11-13-5-6-14(13)12-18-15-7-8-15/h9-10,13-15,17-18H,1-8,11-12H2. The molecule has 2 atom stereocenters. The Bertz CT molecular complexity index is 443. The van der Waals surface area contributed by atoms with E-state index in [1.165, 1.54) is 70.0 Å². The molecule has 2 unspecified atom stereocenters. The van der Waals surface area contributed by atoms with Gasteiger partial charge in [0, 0.05) is 12.2 Å². The molecule has 1 aromatic rings. The monoisotopic (exact) mass is 273 g/mol. The van der Waals surface area contributed by atoms with Crippen molar-refractivity contribution < 1.29 is 0 Å². The number of nitrogens with zero attached hydrogens (tertiary/aromatic N) is 2. The summed E-state index contributed by atoms with van der Waals surface area (Å²) in [5, 5.41) is 8.55. The number of hydrogen-bond donors (Lipinski definition) is 1. The molecule has 1 N–H and O–H groups in total. The minimum absolute atomic E-state index is 0.692. The smallest absolute Gasteiger partial charge is 0.0627 e. The van der Waals surface area contributed by atoms with Gasteiger partial charge in [0.1, 0.15) is 0 Å². The van der Waals surface area contributed by atoms with Gasteiger partial charge < -0.3 is 5.32 Å². The van der Waals surface area contributed by atoms with Crippen LogP contribution in [-0.4, -0.2) is 22.4 Å². The van der Waals surface area contributed by atoms with Crippen molar-refractivity contribution in [2.45, 2.75) is 69.9 Å². The molecule has 20 heavy (non-hydrogen) atoms. The maximum absolute atomic E-state index is 4.85. The molecule has 1 heterocycles. The largest absolute Gasteiger partial charge is 0.314 e. The second kappa shape index (κ2) is 5.51. The first-order valence-corrected chi connectivity index (χ1v) is 8.66. The Labute approximate surface area is 122 Å². The maximum atomic E-state index is 4.85. The van der Waals surface area contributed by atoms with E-state index >= 15 is 0 Å². The fourth-order valence-corrected chi connectivity index (χ4v) is 3.91. The zero-order chi connectivity index (χ0) is 13.4. The second-order valence-corrected chi connectivity index (χ2v) is 7.21. The van der Waals surface area contributed by atoms with Gasteiger partial charge in [-0.1, -0.05) is 12.8 Å². The fourth-order valence-electron chi connectivity index (χ4n) is 3.91. The molecule has 0 radical (unpaired) electrons. The van der Waals surface area contributed by atoms with Crippen LogP contribution >= 0.6 is 0 Å². The molecular weight excluding hydrogens is 246 g/mol. The summed E-state index contributed by atoms with van der Waals surface area (Å²) in [6.45, 7) is 1.25. The summed E-state index contributed by atoms with van der Waals surface area (Å²) in [7, 11) is 0. The van der Waals surface area contributed by atoms with E-state index in [0.717, 1.165) is 17.9 Å². The summed E-state index contributed by atoms with van der Waals surface area (Å²) >= 11 is 0. The van der Waals surface area contributed by atoms with E-state index in [4.69, 9.17) is 5.10 Å². The minimum Gasteiger partial charge on any atom is -0.314 e. The van der Waals surface area contributed by atoms with Crippen LogP contribution in [0.1, 0.15) is 63.1 Å². The maximum Gasteiger partial charge on any atom is 0.0627 e. The molecule has 110 valence electrons. The van der Waals surface area contributed by atoms with Gasteiger partial charge in [-0.2, -0.15) is 5.10 Å². The lowest BCUT2D eigenvalue weighted by atomic mass is 9.71. The number of hydrogen-bond acceptors (Lipinski definition) is 2. The third-order valence-electron chi connectivity index (χ3n) is 5.65. The average molecular weight is 273 g/mol.